The summed E-state index contributed by atoms with van der Waals surface area (Å²) < 4.78 is 19.1. The first kappa shape index (κ1) is 18.7. The number of anilines is 1. The van der Waals surface area contributed by atoms with E-state index < -0.39 is 6.17 Å². The molecule has 2 aliphatic heterocycles. The zero-order chi connectivity index (χ0) is 20.8. The second-order valence-electron chi connectivity index (χ2n) is 6.94. The predicted octanol–water partition coefficient (Wildman–Crippen LogP) is 3.24. The Labute approximate surface area is 177 Å². The minimum atomic E-state index is -0.562. The van der Waals surface area contributed by atoms with Gasteiger partial charge in [-0.3, -0.25) is 9.88 Å². The van der Waals surface area contributed by atoms with Gasteiger partial charge in [0.25, 0.3) is 0 Å². The second-order valence-corrected chi connectivity index (χ2v) is 7.35. The van der Waals surface area contributed by atoms with Gasteiger partial charge in [0.1, 0.15) is 0 Å². The Morgan fingerprint density at radius 1 is 1.27 bits per heavy atom. The van der Waals surface area contributed by atoms with Crippen molar-refractivity contribution in [3.8, 4) is 23.0 Å². The molecule has 3 heterocycles. The highest BCUT2D eigenvalue weighted by Crippen LogP contribution is 2.42. The molecule has 0 saturated carbocycles. The first-order valence-electron chi connectivity index (χ1n) is 9.62. The maximum atomic E-state index is 10.2. The molecule has 0 aliphatic carbocycles. The first-order valence-corrected chi connectivity index (χ1v) is 10.00. The van der Waals surface area contributed by atoms with Crippen LogP contribution in [0.25, 0.3) is 11.0 Å². The Bertz CT molecular complexity index is 1180. The van der Waals surface area contributed by atoms with Crippen LogP contribution < -0.4 is 25.3 Å². The van der Waals surface area contributed by atoms with Gasteiger partial charge in [-0.15, -0.1) is 0 Å². The monoisotopic (exact) mass is 429 g/mol. The average Bonchev–Trinajstić information content (AvgIpc) is 2.90. The number of aliphatic imine (C=N–C) groups is 1. The molecule has 0 amide bonds. The Kier molecular flexibility index (Phi) is 4.47. The molecular weight excluding hydrogens is 410 g/mol. The number of nitrogens with two attached hydrogens (primary N) is 1. The molecule has 4 N–H and O–H groups in total. The first-order chi connectivity index (χ1) is 14.5. The van der Waals surface area contributed by atoms with Crippen molar-refractivity contribution in [1.29, 1.82) is 0 Å². The Balaban J connectivity index is 1.69. The molecule has 0 bridgehead atoms. The van der Waals surface area contributed by atoms with Crippen LogP contribution in [0.3, 0.4) is 0 Å². The number of rotatable bonds is 3. The molecule has 0 fully saturated rings. The van der Waals surface area contributed by atoms with Gasteiger partial charge in [-0.2, -0.15) is 0 Å². The van der Waals surface area contributed by atoms with E-state index in [9.17, 15) is 5.11 Å². The average molecular weight is 430 g/mol. The lowest BCUT2D eigenvalue weighted by Crippen LogP contribution is -2.31. The van der Waals surface area contributed by atoms with Crippen molar-refractivity contribution in [3.05, 3.63) is 34.9 Å². The van der Waals surface area contributed by atoms with Crippen molar-refractivity contribution in [2.24, 2.45) is 10.7 Å². The van der Waals surface area contributed by atoms with Crippen LogP contribution >= 0.6 is 11.6 Å². The van der Waals surface area contributed by atoms with Gasteiger partial charge in [0.05, 0.1) is 35.9 Å². The van der Waals surface area contributed by atoms with Crippen molar-refractivity contribution < 1.29 is 19.3 Å². The fraction of sp³-hybridized carbons (Fsp3) is 0.300. The van der Waals surface area contributed by atoms with Crippen LogP contribution in [0.1, 0.15) is 25.1 Å². The Hall–Kier alpha value is -3.33. The summed E-state index contributed by atoms with van der Waals surface area (Å²) in [7, 11) is 0. The largest absolute Gasteiger partial charge is 0.503 e. The Morgan fingerprint density at radius 3 is 2.80 bits per heavy atom. The number of halogens is 1. The van der Waals surface area contributed by atoms with E-state index in [4.69, 9.17) is 31.5 Å². The van der Waals surface area contributed by atoms with Gasteiger partial charge in [0.15, 0.2) is 35.1 Å². The topological polar surface area (TPSA) is 116 Å². The molecular formula is C20H20ClN5O4. The summed E-state index contributed by atoms with van der Waals surface area (Å²) in [4.78, 5) is 9.22. The smallest absolute Gasteiger partial charge is 0.212 e. The number of guanidine groups is 1. The number of nitrogens with zero attached hydrogens (tertiary/aromatic N) is 3. The number of ether oxygens (including phenoxy) is 3. The third kappa shape index (κ3) is 3.02. The number of hydrogen-bond donors (Lipinski definition) is 3. The van der Waals surface area contributed by atoms with E-state index in [-0.39, 0.29) is 22.5 Å². The van der Waals surface area contributed by atoms with Crippen LogP contribution in [0.5, 0.6) is 23.0 Å². The molecule has 1 aromatic heterocycles. The minimum absolute atomic E-state index is 0.111. The van der Waals surface area contributed by atoms with E-state index in [0.29, 0.717) is 48.3 Å². The van der Waals surface area contributed by atoms with E-state index in [0.717, 1.165) is 11.9 Å². The summed E-state index contributed by atoms with van der Waals surface area (Å²) in [6.07, 6.45) is 0.253. The van der Waals surface area contributed by atoms with Crippen molar-refractivity contribution in [2.75, 3.05) is 25.1 Å². The van der Waals surface area contributed by atoms with Crippen LogP contribution in [0, 0.1) is 0 Å². The second kappa shape index (κ2) is 7.17. The number of hydrogen-bond acceptors (Lipinski definition) is 8. The van der Waals surface area contributed by atoms with Crippen molar-refractivity contribution >= 4 is 34.5 Å². The standard InChI is InChI=1S/C20H20ClN5O4/c1-2-28-16-7-10(6-11(21)17(16)27)18-24-19(22)25-20-23-12-8-14-15(9-13(12)26(18)20)30-5-3-4-29-14/h6-9,18,27H,2-5H2,1H3,(H3,22,23,24,25)/t18-/m1/s1. The molecule has 1 atom stereocenters. The number of aromatic hydroxyl groups is 1. The van der Waals surface area contributed by atoms with Gasteiger partial charge < -0.3 is 25.1 Å². The summed E-state index contributed by atoms with van der Waals surface area (Å²) in [6, 6.07) is 7.09. The summed E-state index contributed by atoms with van der Waals surface area (Å²) in [5, 5.41) is 13.4. The highest BCUT2D eigenvalue weighted by Gasteiger charge is 2.28. The molecule has 2 aliphatic rings. The van der Waals surface area contributed by atoms with Gasteiger partial charge in [-0.25, -0.2) is 9.98 Å². The normalized spacial score (nSPS) is 17.7. The quantitative estimate of drug-likeness (QED) is 0.585. The highest BCUT2D eigenvalue weighted by atomic mass is 35.5. The molecule has 2 aromatic carbocycles. The van der Waals surface area contributed by atoms with E-state index >= 15 is 0 Å². The number of benzene rings is 2. The molecule has 9 nitrogen and oxygen atoms in total. The lowest BCUT2D eigenvalue weighted by molar-refractivity contribution is 0.297. The van der Waals surface area contributed by atoms with Crippen molar-refractivity contribution in [2.45, 2.75) is 19.5 Å². The van der Waals surface area contributed by atoms with Gasteiger partial charge in [0.2, 0.25) is 5.95 Å². The van der Waals surface area contributed by atoms with Gasteiger partial charge in [-0.1, -0.05) is 11.6 Å². The molecule has 0 radical (unpaired) electrons. The molecule has 0 saturated heterocycles. The van der Waals surface area contributed by atoms with Gasteiger partial charge in [-0.05, 0) is 19.1 Å². The third-order valence-electron chi connectivity index (χ3n) is 4.95. The van der Waals surface area contributed by atoms with E-state index in [1.165, 1.54) is 0 Å². The van der Waals surface area contributed by atoms with Crippen LogP contribution in [-0.2, 0) is 0 Å². The fourth-order valence-corrected chi connectivity index (χ4v) is 3.87. The minimum Gasteiger partial charge on any atom is -0.503 e. The number of nitrogens with one attached hydrogen (secondary N) is 1. The number of phenols is 1. The molecule has 30 heavy (non-hydrogen) atoms. The molecule has 0 unspecified atom stereocenters. The predicted molar refractivity (Wildman–Crippen MR) is 113 cm³/mol. The van der Waals surface area contributed by atoms with Gasteiger partial charge >= 0.3 is 0 Å². The maximum Gasteiger partial charge on any atom is 0.212 e. The molecule has 10 heteroatoms. The maximum absolute atomic E-state index is 10.2. The van der Waals surface area contributed by atoms with Crippen LogP contribution in [0.4, 0.5) is 5.95 Å². The van der Waals surface area contributed by atoms with Crippen LogP contribution in [-0.4, -0.2) is 40.4 Å². The number of imidazole rings is 1. The van der Waals surface area contributed by atoms with E-state index in [1.807, 2.05) is 23.6 Å². The van der Waals surface area contributed by atoms with Gasteiger partial charge in [0, 0.05) is 24.1 Å². The number of fused-ring (bicyclic) bond motifs is 4. The summed E-state index contributed by atoms with van der Waals surface area (Å²) in [6.45, 7) is 3.39. The summed E-state index contributed by atoms with van der Waals surface area (Å²) in [5.74, 6) is 2.24. The van der Waals surface area contributed by atoms with E-state index in [1.54, 1.807) is 12.1 Å². The summed E-state index contributed by atoms with van der Waals surface area (Å²) in [5.41, 5.74) is 8.23. The zero-order valence-electron chi connectivity index (χ0n) is 16.2. The molecule has 3 aromatic rings. The van der Waals surface area contributed by atoms with Crippen LogP contribution in [0.15, 0.2) is 29.3 Å². The van der Waals surface area contributed by atoms with Crippen molar-refractivity contribution in [1.82, 2.24) is 9.55 Å². The SMILES string of the molecule is CCOc1cc([C@@H]2N=C(N)Nc3nc4cc5c(cc4n32)OCCCO5)cc(Cl)c1O. The fourth-order valence-electron chi connectivity index (χ4n) is 3.66. The zero-order valence-corrected chi connectivity index (χ0v) is 16.9. The van der Waals surface area contributed by atoms with Crippen molar-refractivity contribution in [3.63, 3.8) is 0 Å². The lowest BCUT2D eigenvalue weighted by atomic mass is 10.1. The highest BCUT2D eigenvalue weighted by molar-refractivity contribution is 6.32. The summed E-state index contributed by atoms with van der Waals surface area (Å²) >= 11 is 6.26. The van der Waals surface area contributed by atoms with E-state index in [2.05, 4.69) is 15.3 Å². The Morgan fingerprint density at radius 2 is 2.03 bits per heavy atom. The van der Waals surface area contributed by atoms with Crippen LogP contribution in [0.2, 0.25) is 5.02 Å². The number of phenolic OH excluding ortho intramolecular Hbond substituents is 1. The lowest BCUT2D eigenvalue weighted by Gasteiger charge is -2.24. The third-order valence-corrected chi connectivity index (χ3v) is 5.24. The number of aromatic nitrogens is 2. The molecule has 5 rings (SSSR count). The molecule has 0 spiro atoms. The molecule has 156 valence electrons.